The van der Waals surface area contributed by atoms with Gasteiger partial charge in [0.1, 0.15) is 5.69 Å². The van der Waals surface area contributed by atoms with Crippen LogP contribution in [0.4, 0.5) is 5.69 Å². The van der Waals surface area contributed by atoms with Crippen molar-refractivity contribution in [2.24, 2.45) is 7.05 Å². The highest BCUT2D eigenvalue weighted by atomic mass is 35.5. The largest absolute Gasteiger partial charge is 0.369 e. The fourth-order valence-corrected chi connectivity index (χ4v) is 4.48. The van der Waals surface area contributed by atoms with Crippen LogP contribution < -0.4 is 4.90 Å². The summed E-state index contributed by atoms with van der Waals surface area (Å²) in [4.78, 5) is 17.8. The maximum Gasteiger partial charge on any atom is 0.200 e. The van der Waals surface area contributed by atoms with Gasteiger partial charge in [0.05, 0.1) is 6.04 Å². The summed E-state index contributed by atoms with van der Waals surface area (Å²) in [7, 11) is 1.97. The number of hydrogen-bond acceptors (Lipinski definition) is 4. The normalized spacial score (nSPS) is 19.0. The molecule has 1 aliphatic carbocycles. The third-order valence-corrected chi connectivity index (χ3v) is 6.28. The Bertz CT molecular complexity index is 821. The number of aromatic nitrogens is 2. The highest BCUT2D eigenvalue weighted by molar-refractivity contribution is 6.30. The van der Waals surface area contributed by atoms with E-state index >= 15 is 0 Å². The average Bonchev–Trinajstić information content (AvgIpc) is 3.05. The molecule has 144 valence electrons. The molecule has 2 aliphatic rings. The molecule has 0 amide bonds. The Balaban J connectivity index is 1.43. The van der Waals surface area contributed by atoms with E-state index in [9.17, 15) is 4.79 Å². The molecule has 2 heterocycles. The monoisotopic (exact) mass is 386 g/mol. The summed E-state index contributed by atoms with van der Waals surface area (Å²) >= 11 is 5.99. The van der Waals surface area contributed by atoms with Crippen molar-refractivity contribution in [3.8, 4) is 0 Å². The Labute approximate surface area is 165 Å². The van der Waals surface area contributed by atoms with E-state index in [1.54, 1.807) is 0 Å². The molecule has 0 spiro atoms. The number of nitrogens with zero attached hydrogens (tertiary/aromatic N) is 4. The molecule has 1 atom stereocenters. The Morgan fingerprint density at radius 3 is 2.44 bits per heavy atom. The van der Waals surface area contributed by atoms with Crippen LogP contribution in [0, 0.1) is 0 Å². The molecule has 0 N–H and O–H groups in total. The van der Waals surface area contributed by atoms with E-state index in [1.165, 1.54) is 23.4 Å². The molecule has 27 heavy (non-hydrogen) atoms. The molecule has 0 radical (unpaired) electrons. The number of carbonyl (C=O) groups is 1. The minimum absolute atomic E-state index is 0.127. The molecule has 1 unspecified atom stereocenters. The van der Waals surface area contributed by atoms with Gasteiger partial charge in [0.2, 0.25) is 0 Å². The van der Waals surface area contributed by atoms with E-state index in [-0.39, 0.29) is 11.8 Å². The first-order valence-corrected chi connectivity index (χ1v) is 10.3. The second-order valence-corrected chi connectivity index (χ2v) is 8.08. The zero-order valence-electron chi connectivity index (χ0n) is 16.1. The summed E-state index contributed by atoms with van der Waals surface area (Å²) < 4.78 is 1.92. The lowest BCUT2D eigenvalue weighted by molar-refractivity contribution is 0.0823. The van der Waals surface area contributed by atoms with Crippen LogP contribution in [0.5, 0.6) is 0 Å². The maximum atomic E-state index is 13.2. The van der Waals surface area contributed by atoms with Gasteiger partial charge < -0.3 is 4.90 Å². The summed E-state index contributed by atoms with van der Waals surface area (Å²) in [5.74, 6) is 0.175. The van der Waals surface area contributed by atoms with E-state index < -0.39 is 0 Å². The molecular weight excluding hydrogens is 360 g/mol. The molecule has 1 aromatic heterocycles. The van der Waals surface area contributed by atoms with Gasteiger partial charge in [-0.1, -0.05) is 11.6 Å². The third kappa shape index (κ3) is 3.63. The summed E-state index contributed by atoms with van der Waals surface area (Å²) in [6.07, 6.45) is 4.39. The van der Waals surface area contributed by atoms with Crippen molar-refractivity contribution in [1.82, 2.24) is 14.7 Å². The van der Waals surface area contributed by atoms with Crippen LogP contribution in [0.15, 0.2) is 24.3 Å². The number of halogens is 1. The quantitative estimate of drug-likeness (QED) is 0.756. The Morgan fingerprint density at radius 1 is 1.07 bits per heavy atom. The Hall–Kier alpha value is -1.85. The summed E-state index contributed by atoms with van der Waals surface area (Å²) in [5.41, 5.74) is 4.35. The summed E-state index contributed by atoms with van der Waals surface area (Å²) in [5, 5.41) is 5.36. The van der Waals surface area contributed by atoms with Crippen LogP contribution >= 0.6 is 11.6 Å². The minimum atomic E-state index is -0.127. The van der Waals surface area contributed by atoms with E-state index in [0.717, 1.165) is 50.5 Å². The summed E-state index contributed by atoms with van der Waals surface area (Å²) in [6.45, 7) is 5.62. The molecular formula is C21H27ClN4O. The molecule has 5 nitrogen and oxygen atoms in total. The first-order chi connectivity index (χ1) is 13.0. The standard InChI is InChI=1S/C21H27ClN4O/c1-15(21(27)20-18-5-3-4-6-19(18)24(2)23-20)25-11-13-26(14-12-25)17-9-7-16(22)8-10-17/h7-10,15H,3-6,11-14H2,1-2H3. The van der Waals surface area contributed by atoms with E-state index in [0.29, 0.717) is 5.69 Å². The molecule has 1 aromatic carbocycles. The molecule has 2 aromatic rings. The Kier molecular flexibility index (Phi) is 5.24. The Morgan fingerprint density at radius 2 is 1.74 bits per heavy atom. The van der Waals surface area contributed by atoms with Crippen molar-refractivity contribution in [2.45, 2.75) is 38.6 Å². The number of ketones is 1. The first kappa shape index (κ1) is 18.5. The fraction of sp³-hybridized carbons (Fsp3) is 0.524. The second-order valence-electron chi connectivity index (χ2n) is 7.64. The topological polar surface area (TPSA) is 41.4 Å². The third-order valence-electron chi connectivity index (χ3n) is 6.03. The number of anilines is 1. The van der Waals surface area contributed by atoms with Gasteiger partial charge in [-0.3, -0.25) is 14.4 Å². The van der Waals surface area contributed by atoms with E-state index in [4.69, 9.17) is 11.6 Å². The molecule has 1 saturated heterocycles. The van der Waals surface area contributed by atoms with Crippen LogP contribution in [-0.4, -0.2) is 52.7 Å². The van der Waals surface area contributed by atoms with Crippen molar-refractivity contribution in [3.05, 3.63) is 46.2 Å². The lowest BCUT2D eigenvalue weighted by Gasteiger charge is -2.38. The molecule has 4 rings (SSSR count). The summed E-state index contributed by atoms with van der Waals surface area (Å²) in [6, 6.07) is 7.86. The SMILES string of the molecule is CC(C(=O)c1nn(C)c2c1CCCC2)N1CCN(c2ccc(Cl)cc2)CC1. The van der Waals surface area contributed by atoms with E-state index in [2.05, 4.69) is 27.0 Å². The molecule has 1 fully saturated rings. The van der Waals surface area contributed by atoms with Gasteiger partial charge in [0.15, 0.2) is 5.78 Å². The number of piperazine rings is 1. The lowest BCUT2D eigenvalue weighted by atomic mass is 9.93. The predicted octanol–water partition coefficient (Wildman–Crippen LogP) is 3.35. The lowest BCUT2D eigenvalue weighted by Crippen LogP contribution is -2.52. The second kappa shape index (κ2) is 7.64. The molecule has 0 saturated carbocycles. The van der Waals surface area contributed by atoms with Crippen molar-refractivity contribution in [2.75, 3.05) is 31.1 Å². The van der Waals surface area contributed by atoms with Crippen molar-refractivity contribution >= 4 is 23.1 Å². The molecule has 0 bridgehead atoms. The van der Waals surface area contributed by atoms with Gasteiger partial charge in [0, 0.05) is 55.2 Å². The van der Waals surface area contributed by atoms with Crippen LogP contribution in [0.25, 0.3) is 0 Å². The molecule has 6 heteroatoms. The highest BCUT2D eigenvalue weighted by Gasteiger charge is 2.31. The van der Waals surface area contributed by atoms with Crippen LogP contribution in [0.2, 0.25) is 5.02 Å². The number of fused-ring (bicyclic) bond motifs is 1. The minimum Gasteiger partial charge on any atom is -0.369 e. The van der Waals surface area contributed by atoms with Crippen LogP contribution in [-0.2, 0) is 19.9 Å². The van der Waals surface area contributed by atoms with Crippen molar-refractivity contribution < 1.29 is 4.79 Å². The van der Waals surface area contributed by atoms with Gasteiger partial charge >= 0.3 is 0 Å². The highest BCUT2D eigenvalue weighted by Crippen LogP contribution is 2.26. The smallest absolute Gasteiger partial charge is 0.200 e. The van der Waals surface area contributed by atoms with Gasteiger partial charge in [-0.15, -0.1) is 0 Å². The fourth-order valence-electron chi connectivity index (χ4n) is 4.35. The van der Waals surface area contributed by atoms with Gasteiger partial charge in [-0.25, -0.2) is 0 Å². The van der Waals surface area contributed by atoms with Crippen LogP contribution in [0.1, 0.15) is 41.5 Å². The van der Waals surface area contributed by atoms with E-state index in [1.807, 2.05) is 30.8 Å². The maximum absolute atomic E-state index is 13.2. The number of aryl methyl sites for hydroxylation is 1. The number of rotatable bonds is 4. The van der Waals surface area contributed by atoms with Crippen LogP contribution in [0.3, 0.4) is 0 Å². The predicted molar refractivity (Wildman–Crippen MR) is 109 cm³/mol. The van der Waals surface area contributed by atoms with Gasteiger partial charge in [-0.05, 0) is 56.9 Å². The first-order valence-electron chi connectivity index (χ1n) is 9.88. The number of benzene rings is 1. The van der Waals surface area contributed by atoms with Crippen molar-refractivity contribution in [1.29, 1.82) is 0 Å². The zero-order valence-corrected chi connectivity index (χ0v) is 16.9. The molecule has 1 aliphatic heterocycles. The van der Waals surface area contributed by atoms with Gasteiger partial charge in [0.25, 0.3) is 0 Å². The average molecular weight is 387 g/mol. The van der Waals surface area contributed by atoms with Crippen molar-refractivity contribution in [3.63, 3.8) is 0 Å². The number of carbonyl (C=O) groups excluding carboxylic acids is 1. The zero-order chi connectivity index (χ0) is 19.0. The number of hydrogen-bond donors (Lipinski definition) is 0. The number of Topliss-reactive ketones (excluding diaryl/α,β-unsaturated/α-hetero) is 1. The van der Waals surface area contributed by atoms with Gasteiger partial charge in [-0.2, -0.15) is 5.10 Å².